The van der Waals surface area contributed by atoms with E-state index < -0.39 is 0 Å². The molecule has 2 aromatic rings. The van der Waals surface area contributed by atoms with Crippen molar-refractivity contribution in [3.63, 3.8) is 0 Å². The van der Waals surface area contributed by atoms with Gasteiger partial charge < -0.3 is 15.2 Å². The summed E-state index contributed by atoms with van der Waals surface area (Å²) in [5.41, 5.74) is 7.35. The van der Waals surface area contributed by atoms with E-state index in [9.17, 15) is 0 Å². The number of hydrogen-bond donors (Lipinski definition) is 1. The summed E-state index contributed by atoms with van der Waals surface area (Å²) in [7, 11) is 1.50. The second kappa shape index (κ2) is 5.56. The Morgan fingerprint density at radius 3 is 2.58 bits per heavy atom. The largest absolute Gasteiger partial charge is 0.479 e. The van der Waals surface area contributed by atoms with Gasteiger partial charge in [0.1, 0.15) is 12.1 Å². The molecule has 0 spiro atoms. The molecule has 0 unspecified atom stereocenters. The zero-order chi connectivity index (χ0) is 13.8. The van der Waals surface area contributed by atoms with Crippen LogP contribution in [0.5, 0.6) is 17.5 Å². The van der Waals surface area contributed by atoms with Gasteiger partial charge in [0, 0.05) is 0 Å². The fraction of sp³-hybridized carbons (Fsp3) is 0.286. The van der Waals surface area contributed by atoms with Crippen molar-refractivity contribution in [3.05, 3.63) is 36.2 Å². The van der Waals surface area contributed by atoms with Gasteiger partial charge >= 0.3 is 0 Å². The van der Waals surface area contributed by atoms with Gasteiger partial charge in [-0.2, -0.15) is 9.97 Å². The number of ether oxygens (including phenoxy) is 2. The molecule has 0 amide bonds. The van der Waals surface area contributed by atoms with Crippen molar-refractivity contribution >= 4 is 5.69 Å². The number of hydrogen-bond acceptors (Lipinski definition) is 5. The summed E-state index contributed by atoms with van der Waals surface area (Å²) < 4.78 is 10.7. The Morgan fingerprint density at radius 2 is 1.89 bits per heavy atom. The summed E-state index contributed by atoms with van der Waals surface area (Å²) >= 11 is 0. The van der Waals surface area contributed by atoms with Gasteiger partial charge in [-0.25, -0.2) is 0 Å². The zero-order valence-corrected chi connectivity index (χ0v) is 11.3. The summed E-state index contributed by atoms with van der Waals surface area (Å²) in [6, 6.07) is 7.83. The minimum absolute atomic E-state index is 0.292. The SMILES string of the molecule is COc1ncnc(Oc2cccc(C(C)C)c2)c1N. The molecular weight excluding hydrogens is 242 g/mol. The fourth-order valence-electron chi connectivity index (χ4n) is 1.66. The van der Waals surface area contributed by atoms with E-state index in [1.54, 1.807) is 0 Å². The normalized spacial score (nSPS) is 10.5. The van der Waals surface area contributed by atoms with Crippen LogP contribution >= 0.6 is 0 Å². The van der Waals surface area contributed by atoms with Gasteiger partial charge in [0.2, 0.25) is 11.8 Å². The van der Waals surface area contributed by atoms with Gasteiger partial charge in [-0.3, -0.25) is 0 Å². The highest BCUT2D eigenvalue weighted by atomic mass is 16.5. The van der Waals surface area contributed by atoms with E-state index in [1.165, 1.54) is 19.0 Å². The van der Waals surface area contributed by atoms with E-state index in [0.29, 0.717) is 29.1 Å². The molecule has 1 aromatic carbocycles. The summed E-state index contributed by atoms with van der Waals surface area (Å²) in [5, 5.41) is 0. The maximum Gasteiger partial charge on any atom is 0.249 e. The molecule has 5 heteroatoms. The molecule has 0 saturated heterocycles. The van der Waals surface area contributed by atoms with E-state index in [-0.39, 0.29) is 0 Å². The Bertz CT molecular complexity index is 570. The van der Waals surface area contributed by atoms with Crippen LogP contribution in [-0.2, 0) is 0 Å². The van der Waals surface area contributed by atoms with Gasteiger partial charge in [-0.15, -0.1) is 0 Å². The predicted molar refractivity (Wildman–Crippen MR) is 73.6 cm³/mol. The Labute approximate surface area is 112 Å². The Balaban J connectivity index is 2.28. The first-order chi connectivity index (χ1) is 9.11. The minimum Gasteiger partial charge on any atom is -0.479 e. The third-order valence-corrected chi connectivity index (χ3v) is 2.74. The first kappa shape index (κ1) is 13.1. The van der Waals surface area contributed by atoms with E-state index in [1.807, 2.05) is 18.2 Å². The number of nitrogens with zero attached hydrogens (tertiary/aromatic N) is 2. The van der Waals surface area contributed by atoms with Crippen LogP contribution in [0.2, 0.25) is 0 Å². The van der Waals surface area contributed by atoms with Gasteiger partial charge in [0.05, 0.1) is 7.11 Å². The molecule has 5 nitrogen and oxygen atoms in total. The lowest BCUT2D eigenvalue weighted by Gasteiger charge is -2.11. The van der Waals surface area contributed by atoms with Crippen LogP contribution in [0, 0.1) is 0 Å². The highest BCUT2D eigenvalue weighted by Gasteiger charge is 2.11. The monoisotopic (exact) mass is 259 g/mol. The zero-order valence-electron chi connectivity index (χ0n) is 11.3. The van der Waals surface area contributed by atoms with Gasteiger partial charge in [-0.05, 0) is 23.6 Å². The molecule has 1 aromatic heterocycles. The first-order valence-electron chi connectivity index (χ1n) is 6.04. The molecule has 0 aliphatic heterocycles. The van der Waals surface area contributed by atoms with Crippen LogP contribution in [0.1, 0.15) is 25.3 Å². The highest BCUT2D eigenvalue weighted by molar-refractivity contribution is 5.56. The molecule has 0 saturated carbocycles. The maximum atomic E-state index is 5.86. The van der Waals surface area contributed by atoms with E-state index in [0.717, 1.165) is 0 Å². The van der Waals surface area contributed by atoms with Crippen molar-refractivity contribution in [2.24, 2.45) is 0 Å². The topological polar surface area (TPSA) is 70.3 Å². The van der Waals surface area contributed by atoms with E-state index >= 15 is 0 Å². The molecule has 2 N–H and O–H groups in total. The van der Waals surface area contributed by atoms with Crippen molar-refractivity contribution in [2.75, 3.05) is 12.8 Å². The van der Waals surface area contributed by atoms with Crippen LogP contribution in [0.15, 0.2) is 30.6 Å². The molecule has 100 valence electrons. The number of aromatic nitrogens is 2. The minimum atomic E-state index is 0.292. The van der Waals surface area contributed by atoms with Crippen molar-refractivity contribution in [1.82, 2.24) is 9.97 Å². The lowest BCUT2D eigenvalue weighted by molar-refractivity contribution is 0.391. The van der Waals surface area contributed by atoms with Crippen LogP contribution in [0.3, 0.4) is 0 Å². The van der Waals surface area contributed by atoms with Crippen molar-refractivity contribution in [2.45, 2.75) is 19.8 Å². The van der Waals surface area contributed by atoms with Gasteiger partial charge in [-0.1, -0.05) is 26.0 Å². The number of methoxy groups -OCH3 is 1. The first-order valence-corrected chi connectivity index (χ1v) is 6.04. The molecule has 0 atom stereocenters. The third kappa shape index (κ3) is 2.93. The summed E-state index contributed by atoms with van der Waals surface area (Å²) in [4.78, 5) is 7.92. The van der Waals surface area contributed by atoms with E-state index in [2.05, 4.69) is 29.9 Å². The van der Waals surface area contributed by atoms with Crippen molar-refractivity contribution < 1.29 is 9.47 Å². The quantitative estimate of drug-likeness (QED) is 0.914. The molecule has 0 radical (unpaired) electrons. The Kier molecular flexibility index (Phi) is 3.85. The van der Waals surface area contributed by atoms with Crippen LogP contribution in [0.25, 0.3) is 0 Å². The molecular formula is C14H17N3O2. The average Bonchev–Trinajstić information content (AvgIpc) is 2.41. The average molecular weight is 259 g/mol. The van der Waals surface area contributed by atoms with Gasteiger partial charge in [0.15, 0.2) is 5.69 Å². The number of benzene rings is 1. The lowest BCUT2D eigenvalue weighted by atomic mass is 10.0. The molecule has 2 rings (SSSR count). The lowest BCUT2D eigenvalue weighted by Crippen LogP contribution is -2.00. The number of rotatable bonds is 4. The van der Waals surface area contributed by atoms with Crippen molar-refractivity contribution in [1.29, 1.82) is 0 Å². The summed E-state index contributed by atoms with van der Waals surface area (Å²) in [6.45, 7) is 4.25. The maximum absolute atomic E-state index is 5.86. The second-order valence-corrected chi connectivity index (χ2v) is 4.43. The summed E-state index contributed by atoms with van der Waals surface area (Å²) in [6.07, 6.45) is 1.36. The molecule has 0 fully saturated rings. The third-order valence-electron chi connectivity index (χ3n) is 2.74. The van der Waals surface area contributed by atoms with Crippen molar-refractivity contribution in [3.8, 4) is 17.5 Å². The van der Waals surface area contributed by atoms with Crippen LogP contribution < -0.4 is 15.2 Å². The molecule has 0 bridgehead atoms. The molecule has 19 heavy (non-hydrogen) atoms. The number of nitrogen functional groups attached to an aromatic ring is 1. The Hall–Kier alpha value is -2.30. The number of anilines is 1. The smallest absolute Gasteiger partial charge is 0.249 e. The standard InChI is InChI=1S/C14H17N3O2/c1-9(2)10-5-4-6-11(7-10)19-14-12(15)13(18-3)16-8-17-14/h4-9H,15H2,1-3H3. The molecule has 0 aliphatic rings. The summed E-state index contributed by atoms with van der Waals surface area (Å²) in [5.74, 6) is 1.73. The number of nitrogens with two attached hydrogens (primary N) is 1. The van der Waals surface area contributed by atoms with E-state index in [4.69, 9.17) is 15.2 Å². The predicted octanol–water partition coefficient (Wildman–Crippen LogP) is 2.98. The second-order valence-electron chi connectivity index (χ2n) is 4.43. The van der Waals surface area contributed by atoms with Crippen LogP contribution in [-0.4, -0.2) is 17.1 Å². The highest BCUT2D eigenvalue weighted by Crippen LogP contribution is 2.31. The molecule has 0 aliphatic carbocycles. The molecule has 1 heterocycles. The van der Waals surface area contributed by atoms with Crippen LogP contribution in [0.4, 0.5) is 5.69 Å². The van der Waals surface area contributed by atoms with Gasteiger partial charge in [0.25, 0.3) is 0 Å². The Morgan fingerprint density at radius 1 is 1.16 bits per heavy atom. The fourth-order valence-corrected chi connectivity index (χ4v) is 1.66.